The van der Waals surface area contributed by atoms with Crippen molar-refractivity contribution < 1.29 is 4.79 Å². The molecule has 4 heteroatoms. The summed E-state index contributed by atoms with van der Waals surface area (Å²) in [6.45, 7) is 6.42. The van der Waals surface area contributed by atoms with E-state index in [0.717, 1.165) is 12.8 Å². The normalized spacial score (nSPS) is 19.4. The lowest BCUT2D eigenvalue weighted by molar-refractivity contribution is 0.231. The molecule has 0 bridgehead atoms. The summed E-state index contributed by atoms with van der Waals surface area (Å²) in [5.74, 6) is 0. The van der Waals surface area contributed by atoms with Gasteiger partial charge in [0.15, 0.2) is 0 Å². The molecule has 0 aliphatic heterocycles. The van der Waals surface area contributed by atoms with Crippen LogP contribution < -0.4 is 16.4 Å². The number of hydrogen-bond acceptors (Lipinski definition) is 2. The van der Waals surface area contributed by atoms with Crippen LogP contribution in [0.25, 0.3) is 0 Å². The summed E-state index contributed by atoms with van der Waals surface area (Å²) >= 11 is 0. The molecular formula is C9H19N3O. The summed E-state index contributed by atoms with van der Waals surface area (Å²) in [5.41, 5.74) is 5.52. The highest BCUT2D eigenvalue weighted by Gasteiger charge is 2.38. The molecule has 0 aromatic rings. The third-order valence-electron chi connectivity index (χ3n) is 1.98. The summed E-state index contributed by atoms with van der Waals surface area (Å²) in [5, 5.41) is 5.58. The first-order valence-corrected chi connectivity index (χ1v) is 4.66. The highest BCUT2D eigenvalue weighted by atomic mass is 16.2. The van der Waals surface area contributed by atoms with Gasteiger partial charge in [-0.1, -0.05) is 0 Å². The average Bonchev–Trinajstić information content (AvgIpc) is 2.62. The number of rotatable bonds is 2. The van der Waals surface area contributed by atoms with Crippen LogP contribution in [0, 0.1) is 0 Å². The molecule has 0 radical (unpaired) electrons. The van der Waals surface area contributed by atoms with Crippen molar-refractivity contribution in [2.75, 3.05) is 6.54 Å². The van der Waals surface area contributed by atoms with E-state index < -0.39 is 0 Å². The van der Waals surface area contributed by atoms with Gasteiger partial charge in [0, 0.05) is 17.6 Å². The van der Waals surface area contributed by atoms with E-state index in [0.29, 0.717) is 6.54 Å². The largest absolute Gasteiger partial charge is 0.336 e. The minimum atomic E-state index is -0.185. The number of carbonyl (C=O) groups is 1. The van der Waals surface area contributed by atoms with Gasteiger partial charge in [0.05, 0.1) is 0 Å². The van der Waals surface area contributed by atoms with E-state index in [2.05, 4.69) is 10.6 Å². The Bertz CT molecular complexity index is 203. The summed E-state index contributed by atoms with van der Waals surface area (Å²) in [6, 6.07) is -0.135. The predicted octanol–water partition coefficient (Wildman–Crippen LogP) is 0.575. The van der Waals surface area contributed by atoms with Gasteiger partial charge in [0.2, 0.25) is 0 Å². The van der Waals surface area contributed by atoms with Crippen molar-refractivity contribution in [3.8, 4) is 0 Å². The Morgan fingerprint density at radius 1 is 1.46 bits per heavy atom. The Balaban J connectivity index is 2.18. The fraction of sp³-hybridized carbons (Fsp3) is 0.889. The molecule has 1 fully saturated rings. The first kappa shape index (κ1) is 10.3. The Morgan fingerprint density at radius 2 is 2.00 bits per heavy atom. The number of amides is 2. The van der Waals surface area contributed by atoms with E-state index in [-0.39, 0.29) is 17.1 Å². The second kappa shape index (κ2) is 3.18. The van der Waals surface area contributed by atoms with Crippen molar-refractivity contribution >= 4 is 6.03 Å². The number of nitrogens with two attached hydrogens (primary N) is 1. The van der Waals surface area contributed by atoms with Crippen molar-refractivity contribution in [2.45, 2.75) is 44.7 Å². The van der Waals surface area contributed by atoms with Gasteiger partial charge >= 0.3 is 6.03 Å². The zero-order valence-corrected chi connectivity index (χ0v) is 8.61. The molecule has 4 nitrogen and oxygen atoms in total. The second-order valence-corrected chi connectivity index (χ2v) is 4.92. The first-order valence-electron chi connectivity index (χ1n) is 4.66. The lowest BCUT2D eigenvalue weighted by atomic mass is 10.1. The van der Waals surface area contributed by atoms with Gasteiger partial charge in [-0.15, -0.1) is 0 Å². The summed E-state index contributed by atoms with van der Waals surface area (Å²) in [6.07, 6.45) is 2.03. The molecule has 0 aromatic heterocycles. The molecule has 0 heterocycles. The maximum absolute atomic E-state index is 11.3. The lowest BCUT2D eigenvalue weighted by Crippen LogP contribution is -2.49. The van der Waals surface area contributed by atoms with Crippen LogP contribution in [0.4, 0.5) is 4.79 Å². The SMILES string of the molecule is CC(C)(C)NC(=O)NCC1(N)CC1. The van der Waals surface area contributed by atoms with Gasteiger partial charge in [-0.2, -0.15) is 0 Å². The second-order valence-electron chi connectivity index (χ2n) is 4.92. The van der Waals surface area contributed by atoms with Crippen LogP contribution in [-0.2, 0) is 0 Å². The van der Waals surface area contributed by atoms with Gasteiger partial charge in [-0.05, 0) is 33.6 Å². The third-order valence-corrected chi connectivity index (χ3v) is 1.98. The van der Waals surface area contributed by atoms with Crippen LogP contribution in [0.3, 0.4) is 0 Å². The molecule has 0 aromatic carbocycles. The van der Waals surface area contributed by atoms with Crippen molar-refractivity contribution in [1.29, 1.82) is 0 Å². The highest BCUT2D eigenvalue weighted by molar-refractivity contribution is 5.74. The van der Waals surface area contributed by atoms with E-state index >= 15 is 0 Å². The molecule has 0 saturated heterocycles. The van der Waals surface area contributed by atoms with Gasteiger partial charge in [0.25, 0.3) is 0 Å². The highest BCUT2D eigenvalue weighted by Crippen LogP contribution is 2.30. The third kappa shape index (κ3) is 4.12. The van der Waals surface area contributed by atoms with Crippen LogP contribution in [0.2, 0.25) is 0 Å². The zero-order chi connectivity index (χ0) is 10.1. The standard InChI is InChI=1S/C9H19N3O/c1-8(2,3)12-7(13)11-6-9(10)4-5-9/h4-6,10H2,1-3H3,(H2,11,12,13). The fourth-order valence-corrected chi connectivity index (χ4v) is 0.978. The molecule has 1 aliphatic rings. The molecule has 1 aliphatic carbocycles. The van der Waals surface area contributed by atoms with Gasteiger partial charge in [-0.25, -0.2) is 4.79 Å². The maximum atomic E-state index is 11.3. The molecule has 1 rings (SSSR count). The van der Waals surface area contributed by atoms with Gasteiger partial charge in [-0.3, -0.25) is 0 Å². The molecule has 0 atom stereocenters. The minimum absolute atomic E-state index is 0.116. The monoisotopic (exact) mass is 185 g/mol. The average molecular weight is 185 g/mol. The lowest BCUT2D eigenvalue weighted by Gasteiger charge is -2.21. The van der Waals surface area contributed by atoms with Crippen LogP contribution in [0.5, 0.6) is 0 Å². The smallest absolute Gasteiger partial charge is 0.315 e. The van der Waals surface area contributed by atoms with Gasteiger partial charge in [0.1, 0.15) is 0 Å². The zero-order valence-electron chi connectivity index (χ0n) is 8.61. The summed E-state index contributed by atoms with van der Waals surface area (Å²) in [7, 11) is 0. The number of nitrogens with one attached hydrogen (secondary N) is 2. The molecule has 4 N–H and O–H groups in total. The fourth-order valence-electron chi connectivity index (χ4n) is 0.978. The van der Waals surface area contributed by atoms with Gasteiger partial charge < -0.3 is 16.4 Å². The molecule has 0 spiro atoms. The first-order chi connectivity index (χ1) is 5.81. The predicted molar refractivity (Wildman–Crippen MR) is 52.4 cm³/mol. The van der Waals surface area contributed by atoms with Crippen molar-refractivity contribution in [2.24, 2.45) is 5.73 Å². The topological polar surface area (TPSA) is 67.2 Å². The Morgan fingerprint density at radius 3 is 2.38 bits per heavy atom. The van der Waals surface area contributed by atoms with E-state index in [9.17, 15) is 4.79 Å². The quantitative estimate of drug-likeness (QED) is 0.589. The number of urea groups is 1. The summed E-state index contributed by atoms with van der Waals surface area (Å²) < 4.78 is 0. The van der Waals surface area contributed by atoms with Crippen LogP contribution in [0.15, 0.2) is 0 Å². The van der Waals surface area contributed by atoms with Crippen LogP contribution >= 0.6 is 0 Å². The van der Waals surface area contributed by atoms with Crippen LogP contribution in [-0.4, -0.2) is 23.7 Å². The summed E-state index contributed by atoms with van der Waals surface area (Å²) in [4.78, 5) is 11.3. The Kier molecular flexibility index (Phi) is 2.52. The van der Waals surface area contributed by atoms with E-state index in [1.54, 1.807) is 0 Å². The minimum Gasteiger partial charge on any atom is -0.336 e. The van der Waals surface area contributed by atoms with Crippen molar-refractivity contribution in [3.05, 3.63) is 0 Å². The number of hydrogen-bond donors (Lipinski definition) is 3. The maximum Gasteiger partial charge on any atom is 0.315 e. The molecule has 1 saturated carbocycles. The molecule has 13 heavy (non-hydrogen) atoms. The van der Waals surface area contributed by atoms with E-state index in [1.165, 1.54) is 0 Å². The molecular weight excluding hydrogens is 166 g/mol. The number of carbonyl (C=O) groups excluding carboxylic acids is 1. The van der Waals surface area contributed by atoms with E-state index in [1.807, 2.05) is 20.8 Å². The van der Waals surface area contributed by atoms with Crippen LogP contribution in [0.1, 0.15) is 33.6 Å². The Hall–Kier alpha value is -0.770. The van der Waals surface area contributed by atoms with Crippen molar-refractivity contribution in [1.82, 2.24) is 10.6 Å². The molecule has 0 unspecified atom stereocenters. The van der Waals surface area contributed by atoms with Crippen molar-refractivity contribution in [3.63, 3.8) is 0 Å². The Labute approximate surface area is 79.3 Å². The van der Waals surface area contributed by atoms with E-state index in [4.69, 9.17) is 5.73 Å². The molecule has 76 valence electrons. The molecule has 2 amide bonds.